The van der Waals surface area contributed by atoms with Gasteiger partial charge in [-0.2, -0.15) is 15.2 Å². The van der Waals surface area contributed by atoms with Crippen LogP contribution in [0, 0.1) is 0 Å². The third-order valence-electron chi connectivity index (χ3n) is 5.70. The number of anilines is 4. The van der Waals surface area contributed by atoms with Crippen LogP contribution in [-0.2, 0) is 4.57 Å². The van der Waals surface area contributed by atoms with Crippen LogP contribution in [0.5, 0.6) is 0 Å². The maximum Gasteiger partial charge on any atom is 0.229 e. The summed E-state index contributed by atoms with van der Waals surface area (Å²) in [6.07, 6.45) is 5.34. The number of aromatic amines is 1. The Labute approximate surface area is 213 Å². The molecule has 0 spiro atoms. The second kappa shape index (κ2) is 9.41. The number of halogens is 1. The monoisotopic (exact) mass is 520 g/mol. The summed E-state index contributed by atoms with van der Waals surface area (Å²) in [4.78, 5) is 8.90. The molecule has 184 valence electrons. The SMILES string of the molecule is CC(C)n1cc(-c2n[nH]c3ccc(Nc4ncc(Cl)c(Nc5ccccc5P(C)(C)=O)n4)cc23)cn1. The minimum Gasteiger partial charge on any atom is -0.338 e. The first-order chi connectivity index (χ1) is 17.2. The number of H-pyrrole nitrogens is 1. The fourth-order valence-corrected chi connectivity index (χ4v) is 5.17. The summed E-state index contributed by atoms with van der Waals surface area (Å²) in [5, 5.41) is 20.5. The van der Waals surface area contributed by atoms with Crippen LogP contribution in [0.3, 0.4) is 0 Å². The molecule has 0 radical (unpaired) electrons. The molecule has 11 heteroatoms. The quantitative estimate of drug-likeness (QED) is 0.219. The van der Waals surface area contributed by atoms with Gasteiger partial charge in [0.05, 0.1) is 23.6 Å². The molecule has 0 amide bonds. The maximum absolute atomic E-state index is 12.7. The molecule has 9 nitrogen and oxygen atoms in total. The summed E-state index contributed by atoms with van der Waals surface area (Å²) >= 11 is 6.39. The topological polar surface area (TPSA) is 113 Å². The first kappa shape index (κ1) is 24.0. The van der Waals surface area contributed by atoms with Gasteiger partial charge < -0.3 is 15.2 Å². The molecule has 5 aromatic rings. The van der Waals surface area contributed by atoms with Gasteiger partial charge in [-0.15, -0.1) is 0 Å². The van der Waals surface area contributed by atoms with Crippen molar-refractivity contribution in [2.24, 2.45) is 0 Å². The highest BCUT2D eigenvalue weighted by Crippen LogP contribution is 2.38. The van der Waals surface area contributed by atoms with Crippen LogP contribution < -0.4 is 15.9 Å². The number of benzene rings is 2. The Morgan fingerprint density at radius 1 is 1.08 bits per heavy atom. The molecule has 5 rings (SSSR count). The number of aromatic nitrogens is 6. The van der Waals surface area contributed by atoms with Gasteiger partial charge in [0, 0.05) is 34.2 Å². The van der Waals surface area contributed by atoms with Gasteiger partial charge >= 0.3 is 0 Å². The van der Waals surface area contributed by atoms with Crippen LogP contribution in [0.2, 0.25) is 5.02 Å². The number of para-hydroxylation sites is 1. The first-order valence-electron chi connectivity index (χ1n) is 11.4. The molecule has 3 aromatic heterocycles. The van der Waals surface area contributed by atoms with Gasteiger partial charge in [0.1, 0.15) is 17.9 Å². The van der Waals surface area contributed by atoms with Crippen LogP contribution >= 0.6 is 18.7 Å². The Kier molecular flexibility index (Phi) is 6.28. The van der Waals surface area contributed by atoms with Crippen molar-refractivity contribution in [2.75, 3.05) is 24.0 Å². The molecule has 0 bridgehead atoms. The lowest BCUT2D eigenvalue weighted by Gasteiger charge is -2.15. The minimum atomic E-state index is -2.51. The zero-order chi connectivity index (χ0) is 25.4. The van der Waals surface area contributed by atoms with Crippen molar-refractivity contribution in [1.29, 1.82) is 0 Å². The molecule has 2 aromatic carbocycles. The highest BCUT2D eigenvalue weighted by Gasteiger charge is 2.17. The summed E-state index contributed by atoms with van der Waals surface area (Å²) in [6, 6.07) is 13.6. The van der Waals surface area contributed by atoms with Crippen molar-refractivity contribution >= 4 is 58.1 Å². The summed E-state index contributed by atoms with van der Waals surface area (Å²) in [5.41, 5.74) is 4.15. The van der Waals surface area contributed by atoms with E-state index in [9.17, 15) is 4.57 Å². The normalized spacial score (nSPS) is 11.8. The lowest BCUT2D eigenvalue weighted by Crippen LogP contribution is -2.10. The Balaban J connectivity index is 1.44. The summed E-state index contributed by atoms with van der Waals surface area (Å²) in [5.74, 6) is 0.786. The van der Waals surface area contributed by atoms with Gasteiger partial charge in [-0.25, -0.2) is 4.98 Å². The largest absolute Gasteiger partial charge is 0.338 e. The molecule has 0 unspecified atom stereocenters. The zero-order valence-electron chi connectivity index (χ0n) is 20.3. The van der Waals surface area contributed by atoms with Crippen molar-refractivity contribution in [3.63, 3.8) is 0 Å². The fourth-order valence-electron chi connectivity index (χ4n) is 3.88. The van der Waals surface area contributed by atoms with Crippen LogP contribution in [-0.4, -0.2) is 43.3 Å². The highest BCUT2D eigenvalue weighted by molar-refractivity contribution is 7.70. The summed E-state index contributed by atoms with van der Waals surface area (Å²) < 4.78 is 14.6. The van der Waals surface area contributed by atoms with E-state index < -0.39 is 7.14 Å². The van der Waals surface area contributed by atoms with Gasteiger partial charge in [-0.05, 0) is 57.5 Å². The standard InChI is InChI=1S/C25H26ClN8OP/c1-15(2)34-14-16(12-28-34)23-18-11-17(9-10-20(18)32-33-23)29-25-27-13-19(26)24(31-25)30-21-7-5-6-8-22(21)36(3,4)35/h5-15H,1-4H3,(H,32,33)(H2,27,29,30,31). The fraction of sp³-hybridized carbons (Fsp3) is 0.200. The van der Waals surface area contributed by atoms with Gasteiger partial charge in [0.25, 0.3) is 0 Å². The summed E-state index contributed by atoms with van der Waals surface area (Å²) in [7, 11) is -2.51. The van der Waals surface area contributed by atoms with E-state index in [0.29, 0.717) is 22.5 Å². The number of hydrogen-bond acceptors (Lipinski definition) is 7. The van der Waals surface area contributed by atoms with Gasteiger partial charge in [0.2, 0.25) is 5.95 Å². The van der Waals surface area contributed by atoms with E-state index in [0.717, 1.165) is 33.2 Å². The average Bonchev–Trinajstić information content (AvgIpc) is 3.48. The van der Waals surface area contributed by atoms with Crippen LogP contribution in [0.4, 0.5) is 23.1 Å². The summed E-state index contributed by atoms with van der Waals surface area (Å²) in [6.45, 7) is 7.63. The van der Waals surface area contributed by atoms with Crippen LogP contribution in [0.15, 0.2) is 61.1 Å². The van der Waals surface area contributed by atoms with Crippen molar-refractivity contribution in [3.8, 4) is 11.3 Å². The molecular weight excluding hydrogens is 495 g/mol. The van der Waals surface area contributed by atoms with E-state index in [1.54, 1.807) is 13.3 Å². The minimum absolute atomic E-state index is 0.264. The highest BCUT2D eigenvalue weighted by atomic mass is 35.5. The van der Waals surface area contributed by atoms with E-state index in [-0.39, 0.29) is 6.04 Å². The molecule has 3 heterocycles. The Morgan fingerprint density at radius 2 is 1.89 bits per heavy atom. The van der Waals surface area contributed by atoms with E-state index in [1.807, 2.05) is 59.5 Å². The van der Waals surface area contributed by atoms with Gasteiger partial charge in [-0.3, -0.25) is 9.78 Å². The van der Waals surface area contributed by atoms with Crippen molar-refractivity contribution in [3.05, 3.63) is 66.1 Å². The smallest absolute Gasteiger partial charge is 0.229 e. The maximum atomic E-state index is 12.7. The molecule has 0 saturated carbocycles. The third-order valence-corrected chi connectivity index (χ3v) is 7.53. The van der Waals surface area contributed by atoms with E-state index in [4.69, 9.17) is 11.6 Å². The van der Waals surface area contributed by atoms with Crippen molar-refractivity contribution < 1.29 is 4.57 Å². The first-order valence-corrected chi connectivity index (χ1v) is 14.4. The van der Waals surface area contributed by atoms with Crippen LogP contribution in [0.25, 0.3) is 22.2 Å². The zero-order valence-corrected chi connectivity index (χ0v) is 22.0. The van der Waals surface area contributed by atoms with Gasteiger partial charge in [-0.1, -0.05) is 23.7 Å². The molecule has 0 fully saturated rings. The predicted molar refractivity (Wildman–Crippen MR) is 147 cm³/mol. The van der Waals surface area contributed by atoms with E-state index >= 15 is 0 Å². The molecule has 3 N–H and O–H groups in total. The number of nitrogens with one attached hydrogen (secondary N) is 3. The number of fused-ring (bicyclic) bond motifs is 1. The Bertz CT molecular complexity index is 1600. The average molecular weight is 521 g/mol. The van der Waals surface area contributed by atoms with E-state index in [2.05, 4.69) is 49.7 Å². The number of hydrogen-bond donors (Lipinski definition) is 3. The van der Waals surface area contributed by atoms with Crippen molar-refractivity contribution in [1.82, 2.24) is 29.9 Å². The molecule has 0 aliphatic heterocycles. The Hall–Kier alpha value is -3.68. The van der Waals surface area contributed by atoms with Crippen LogP contribution in [0.1, 0.15) is 19.9 Å². The Morgan fingerprint density at radius 3 is 2.64 bits per heavy atom. The molecular formula is C25H26ClN8OP. The second-order valence-corrected chi connectivity index (χ2v) is 12.7. The third kappa shape index (κ3) is 4.85. The lowest BCUT2D eigenvalue weighted by molar-refractivity contribution is 0.532. The lowest BCUT2D eigenvalue weighted by atomic mass is 10.1. The number of nitrogens with zero attached hydrogens (tertiary/aromatic N) is 5. The molecule has 0 saturated heterocycles. The molecule has 36 heavy (non-hydrogen) atoms. The van der Waals surface area contributed by atoms with Gasteiger partial charge in [0.15, 0.2) is 5.82 Å². The second-order valence-electron chi connectivity index (χ2n) is 9.14. The number of rotatable bonds is 7. The molecule has 0 aliphatic rings. The van der Waals surface area contributed by atoms with Crippen molar-refractivity contribution in [2.45, 2.75) is 19.9 Å². The predicted octanol–water partition coefficient (Wildman–Crippen LogP) is 6.19. The molecule has 0 atom stereocenters. The van der Waals surface area contributed by atoms with E-state index in [1.165, 1.54) is 6.20 Å². The molecule has 0 aliphatic carbocycles.